The normalized spacial score (nSPS) is 11.1. The average molecular weight is 319 g/mol. The highest BCUT2D eigenvalue weighted by atomic mass is 35.5. The lowest BCUT2D eigenvalue weighted by molar-refractivity contribution is 0.689. The third kappa shape index (κ3) is 3.59. The van der Waals surface area contributed by atoms with E-state index in [-0.39, 0.29) is 0 Å². The highest BCUT2D eigenvalue weighted by Gasteiger charge is 2.03. The fraction of sp³-hybridized carbons (Fsp3) is 0.176. The first-order chi connectivity index (χ1) is 10.2. The molecule has 0 spiro atoms. The number of hydrogen-bond acceptors (Lipinski definition) is 1. The Hall–Kier alpha value is -1.48. The van der Waals surface area contributed by atoms with Gasteiger partial charge in [-0.3, -0.25) is 0 Å². The molecular weight excluding hydrogens is 303 g/mol. The molecule has 108 valence electrons. The highest BCUT2D eigenvalue weighted by molar-refractivity contribution is 6.31. The van der Waals surface area contributed by atoms with E-state index in [9.17, 15) is 0 Å². The lowest BCUT2D eigenvalue weighted by Crippen LogP contribution is -2.16. The topological polar surface area (TPSA) is 27.8 Å². The average Bonchev–Trinajstić information content (AvgIpc) is 2.87. The molecule has 0 saturated carbocycles. The molecule has 2 aromatic carbocycles. The van der Waals surface area contributed by atoms with Crippen molar-refractivity contribution in [1.29, 1.82) is 0 Å². The van der Waals surface area contributed by atoms with Gasteiger partial charge in [0.05, 0.1) is 0 Å². The van der Waals surface area contributed by atoms with Crippen LogP contribution in [0.3, 0.4) is 0 Å². The zero-order valence-corrected chi connectivity index (χ0v) is 13.0. The number of nitrogens with one attached hydrogen (secondary N) is 2. The van der Waals surface area contributed by atoms with E-state index in [1.165, 1.54) is 16.5 Å². The minimum atomic E-state index is 0.756. The van der Waals surface area contributed by atoms with Crippen molar-refractivity contribution < 1.29 is 0 Å². The molecule has 0 amide bonds. The zero-order valence-electron chi connectivity index (χ0n) is 11.5. The second kappa shape index (κ2) is 6.52. The van der Waals surface area contributed by atoms with Crippen LogP contribution in [0.2, 0.25) is 10.0 Å². The standard InChI is InChI=1S/C17H16Cl2N2/c18-14-3-1-12(2-4-14)7-8-20-10-13-11-21-17-9-15(19)5-6-16(13)17/h1-6,9,11,20-21H,7-8,10H2. The fourth-order valence-electron chi connectivity index (χ4n) is 2.41. The summed E-state index contributed by atoms with van der Waals surface area (Å²) >= 11 is 11.9. The molecule has 0 aliphatic heterocycles. The number of fused-ring (bicyclic) bond motifs is 1. The van der Waals surface area contributed by atoms with Crippen LogP contribution in [0.1, 0.15) is 11.1 Å². The molecular formula is C17H16Cl2N2. The Bertz CT molecular complexity index is 732. The van der Waals surface area contributed by atoms with Gasteiger partial charge in [0.25, 0.3) is 0 Å². The number of benzene rings is 2. The predicted octanol–water partition coefficient (Wildman–Crippen LogP) is 4.81. The Labute approximate surface area is 134 Å². The Kier molecular flexibility index (Phi) is 4.49. The number of aromatic nitrogens is 1. The summed E-state index contributed by atoms with van der Waals surface area (Å²) in [6.45, 7) is 1.77. The van der Waals surface area contributed by atoms with Gasteiger partial charge in [-0.1, -0.05) is 41.4 Å². The van der Waals surface area contributed by atoms with Crippen LogP contribution in [0.15, 0.2) is 48.7 Å². The largest absolute Gasteiger partial charge is 0.361 e. The summed E-state index contributed by atoms with van der Waals surface area (Å²) in [7, 11) is 0. The van der Waals surface area contributed by atoms with Crippen LogP contribution in [-0.2, 0) is 13.0 Å². The number of halogens is 2. The molecule has 1 aromatic heterocycles. The van der Waals surface area contributed by atoms with Gasteiger partial charge < -0.3 is 10.3 Å². The molecule has 1 heterocycles. The smallest absolute Gasteiger partial charge is 0.0472 e. The number of aromatic amines is 1. The molecule has 21 heavy (non-hydrogen) atoms. The molecule has 2 nitrogen and oxygen atoms in total. The summed E-state index contributed by atoms with van der Waals surface area (Å²) in [5.74, 6) is 0. The molecule has 0 unspecified atom stereocenters. The fourth-order valence-corrected chi connectivity index (χ4v) is 2.71. The van der Waals surface area contributed by atoms with E-state index in [2.05, 4.69) is 28.5 Å². The van der Waals surface area contributed by atoms with E-state index in [1.807, 2.05) is 30.5 Å². The van der Waals surface area contributed by atoms with Crippen LogP contribution >= 0.6 is 23.2 Å². The maximum absolute atomic E-state index is 5.99. The lowest BCUT2D eigenvalue weighted by atomic mass is 10.1. The van der Waals surface area contributed by atoms with Crippen LogP contribution in [0, 0.1) is 0 Å². The molecule has 0 saturated heterocycles. The van der Waals surface area contributed by atoms with Crippen molar-refractivity contribution in [2.45, 2.75) is 13.0 Å². The Morgan fingerprint density at radius 2 is 1.71 bits per heavy atom. The van der Waals surface area contributed by atoms with Crippen LogP contribution in [0.5, 0.6) is 0 Å². The van der Waals surface area contributed by atoms with E-state index in [1.54, 1.807) is 0 Å². The summed E-state index contributed by atoms with van der Waals surface area (Å²) in [4.78, 5) is 3.25. The third-order valence-corrected chi connectivity index (χ3v) is 4.04. The molecule has 0 aliphatic carbocycles. The van der Waals surface area contributed by atoms with Gasteiger partial charge >= 0.3 is 0 Å². The maximum atomic E-state index is 5.99. The van der Waals surface area contributed by atoms with Gasteiger partial charge in [-0.2, -0.15) is 0 Å². The van der Waals surface area contributed by atoms with E-state index < -0.39 is 0 Å². The van der Waals surface area contributed by atoms with Gasteiger partial charge in [0.15, 0.2) is 0 Å². The quantitative estimate of drug-likeness (QED) is 0.649. The Balaban J connectivity index is 1.56. The summed E-state index contributed by atoms with van der Waals surface area (Å²) < 4.78 is 0. The number of H-pyrrole nitrogens is 1. The van der Waals surface area contributed by atoms with Crippen molar-refractivity contribution in [3.63, 3.8) is 0 Å². The first-order valence-electron chi connectivity index (χ1n) is 6.93. The number of rotatable bonds is 5. The minimum Gasteiger partial charge on any atom is -0.361 e. The van der Waals surface area contributed by atoms with Crippen LogP contribution < -0.4 is 5.32 Å². The number of hydrogen-bond donors (Lipinski definition) is 2. The highest BCUT2D eigenvalue weighted by Crippen LogP contribution is 2.21. The molecule has 0 aliphatic rings. The molecule has 2 N–H and O–H groups in total. The molecule has 3 rings (SSSR count). The van der Waals surface area contributed by atoms with E-state index in [0.717, 1.165) is 35.1 Å². The van der Waals surface area contributed by atoms with Crippen molar-refractivity contribution in [2.24, 2.45) is 0 Å². The molecule has 0 atom stereocenters. The van der Waals surface area contributed by atoms with Crippen LogP contribution in [-0.4, -0.2) is 11.5 Å². The van der Waals surface area contributed by atoms with Crippen molar-refractivity contribution >= 4 is 34.1 Å². The van der Waals surface area contributed by atoms with Gasteiger partial charge in [0, 0.05) is 33.7 Å². The predicted molar refractivity (Wildman–Crippen MR) is 90.2 cm³/mol. The SMILES string of the molecule is Clc1ccc(CCNCc2c[nH]c3cc(Cl)ccc23)cc1. The first-order valence-corrected chi connectivity index (χ1v) is 7.68. The Morgan fingerprint density at radius 1 is 0.952 bits per heavy atom. The summed E-state index contributed by atoms with van der Waals surface area (Å²) in [5, 5.41) is 6.23. The molecule has 0 fully saturated rings. The van der Waals surface area contributed by atoms with Crippen LogP contribution in [0.4, 0.5) is 0 Å². The van der Waals surface area contributed by atoms with Crippen molar-refractivity contribution in [3.8, 4) is 0 Å². The van der Waals surface area contributed by atoms with Crippen molar-refractivity contribution in [1.82, 2.24) is 10.3 Å². The molecule has 3 aromatic rings. The van der Waals surface area contributed by atoms with Gasteiger partial charge in [-0.15, -0.1) is 0 Å². The molecule has 0 bridgehead atoms. The Morgan fingerprint density at radius 3 is 2.52 bits per heavy atom. The van der Waals surface area contributed by atoms with E-state index in [0.29, 0.717) is 0 Å². The third-order valence-electron chi connectivity index (χ3n) is 3.55. The molecule has 0 radical (unpaired) electrons. The van der Waals surface area contributed by atoms with E-state index >= 15 is 0 Å². The first kappa shape index (κ1) is 14.5. The molecule has 4 heteroatoms. The second-order valence-electron chi connectivity index (χ2n) is 5.06. The van der Waals surface area contributed by atoms with Gasteiger partial charge in [-0.25, -0.2) is 0 Å². The van der Waals surface area contributed by atoms with E-state index in [4.69, 9.17) is 23.2 Å². The zero-order chi connectivity index (χ0) is 14.7. The summed E-state index contributed by atoms with van der Waals surface area (Å²) in [5.41, 5.74) is 3.63. The van der Waals surface area contributed by atoms with Crippen molar-refractivity contribution in [3.05, 3.63) is 69.8 Å². The van der Waals surface area contributed by atoms with Gasteiger partial charge in [0.2, 0.25) is 0 Å². The summed E-state index contributed by atoms with van der Waals surface area (Å²) in [6, 6.07) is 13.9. The maximum Gasteiger partial charge on any atom is 0.0472 e. The van der Waals surface area contributed by atoms with Gasteiger partial charge in [-0.05, 0) is 48.4 Å². The van der Waals surface area contributed by atoms with Gasteiger partial charge in [0.1, 0.15) is 0 Å². The monoisotopic (exact) mass is 318 g/mol. The summed E-state index contributed by atoms with van der Waals surface area (Å²) in [6.07, 6.45) is 3.03. The van der Waals surface area contributed by atoms with Crippen LogP contribution in [0.25, 0.3) is 10.9 Å². The lowest BCUT2D eigenvalue weighted by Gasteiger charge is -2.05. The second-order valence-corrected chi connectivity index (χ2v) is 5.93. The minimum absolute atomic E-state index is 0.756. The van der Waals surface area contributed by atoms with Crippen molar-refractivity contribution in [2.75, 3.05) is 6.54 Å².